The van der Waals surface area contributed by atoms with Crippen LogP contribution in [-0.4, -0.2) is 21.2 Å². The summed E-state index contributed by atoms with van der Waals surface area (Å²) in [4.78, 5) is 17.9. The van der Waals surface area contributed by atoms with E-state index in [4.69, 9.17) is 11.6 Å². The van der Waals surface area contributed by atoms with E-state index in [-0.39, 0.29) is 17.9 Å². The van der Waals surface area contributed by atoms with Crippen molar-refractivity contribution < 1.29 is 15.0 Å². The van der Waals surface area contributed by atoms with Crippen molar-refractivity contribution in [3.63, 3.8) is 0 Å². The number of halogens is 1. The second kappa shape index (κ2) is 7.81. The lowest BCUT2D eigenvalue weighted by Gasteiger charge is -2.27. The van der Waals surface area contributed by atoms with Crippen molar-refractivity contribution in [2.75, 3.05) is 4.90 Å². The first kappa shape index (κ1) is 18.8. The average molecular weight is 405 g/mol. The van der Waals surface area contributed by atoms with Crippen molar-refractivity contribution in [1.29, 1.82) is 0 Å². The number of carbonyl (C=O) groups is 1. The second-order valence-electron chi connectivity index (χ2n) is 6.53. The van der Waals surface area contributed by atoms with E-state index < -0.39 is 5.97 Å². The van der Waals surface area contributed by atoms with Gasteiger partial charge < -0.3 is 15.1 Å². The molecule has 5 nitrogen and oxygen atoms in total. The van der Waals surface area contributed by atoms with Crippen LogP contribution < -0.4 is 4.90 Å². The lowest BCUT2D eigenvalue weighted by Crippen LogP contribution is -2.19. The number of carboxylic acids is 1. The molecule has 6 heteroatoms. The number of phenols is 1. The third-order valence-electron chi connectivity index (χ3n) is 4.72. The maximum Gasteiger partial charge on any atom is 0.337 e. The lowest BCUT2D eigenvalue weighted by atomic mass is 10.1. The molecule has 0 spiro atoms. The van der Waals surface area contributed by atoms with E-state index in [1.807, 2.05) is 41.3 Å². The standard InChI is InChI=1S/C23H17ClN2O3/c24-17-9-11-18(12-10-17)26(20-6-2-1-5-19(20)23(28)29)14-16-8-7-15-4-3-13-25-21(15)22(16)27/h1-13,27H,14H2,(H,28,29). The number of carboxylic acid groups (broad SMARTS) is 1. The van der Waals surface area contributed by atoms with Crippen LogP contribution in [0.2, 0.25) is 5.02 Å². The Morgan fingerprint density at radius 1 is 0.966 bits per heavy atom. The van der Waals surface area contributed by atoms with Gasteiger partial charge in [0.2, 0.25) is 0 Å². The SMILES string of the molecule is O=C(O)c1ccccc1N(Cc1ccc2cccnc2c1O)c1ccc(Cl)cc1. The number of rotatable bonds is 5. The number of pyridine rings is 1. The van der Waals surface area contributed by atoms with E-state index in [1.54, 1.807) is 42.6 Å². The Morgan fingerprint density at radius 3 is 2.48 bits per heavy atom. The Hall–Kier alpha value is -3.57. The molecule has 1 heterocycles. The van der Waals surface area contributed by atoms with E-state index in [0.717, 1.165) is 11.1 Å². The van der Waals surface area contributed by atoms with E-state index in [2.05, 4.69) is 4.98 Å². The lowest BCUT2D eigenvalue weighted by molar-refractivity contribution is 0.0697. The summed E-state index contributed by atoms with van der Waals surface area (Å²) < 4.78 is 0. The zero-order valence-corrected chi connectivity index (χ0v) is 16.0. The molecule has 0 amide bonds. The van der Waals surface area contributed by atoms with Gasteiger partial charge in [-0.05, 0) is 42.5 Å². The molecular weight excluding hydrogens is 388 g/mol. The van der Waals surface area contributed by atoms with Gasteiger partial charge in [-0.1, -0.05) is 41.9 Å². The molecular formula is C23H17ClN2O3. The van der Waals surface area contributed by atoms with Gasteiger partial charge in [-0.15, -0.1) is 0 Å². The number of aromatic nitrogens is 1. The fourth-order valence-electron chi connectivity index (χ4n) is 3.30. The first-order valence-electron chi connectivity index (χ1n) is 8.95. The summed E-state index contributed by atoms with van der Waals surface area (Å²) in [7, 11) is 0. The van der Waals surface area contributed by atoms with Crippen molar-refractivity contribution in [2.45, 2.75) is 6.54 Å². The van der Waals surface area contributed by atoms with Crippen molar-refractivity contribution in [3.05, 3.63) is 95.1 Å². The minimum absolute atomic E-state index is 0.0786. The number of para-hydroxylation sites is 1. The summed E-state index contributed by atoms with van der Waals surface area (Å²) in [5.41, 5.74) is 2.58. The number of phenolic OH excluding ortho intramolecular Hbond substituents is 1. The maximum absolute atomic E-state index is 11.8. The molecule has 0 saturated heterocycles. The third kappa shape index (κ3) is 3.73. The first-order valence-corrected chi connectivity index (χ1v) is 9.33. The molecule has 144 valence electrons. The average Bonchev–Trinajstić information content (AvgIpc) is 2.74. The van der Waals surface area contributed by atoms with Crippen LogP contribution in [0.15, 0.2) is 79.0 Å². The largest absolute Gasteiger partial charge is 0.505 e. The molecule has 0 bridgehead atoms. The minimum Gasteiger partial charge on any atom is -0.505 e. The van der Waals surface area contributed by atoms with Gasteiger partial charge in [-0.25, -0.2) is 4.79 Å². The Kier molecular flexibility index (Phi) is 5.06. The Bertz CT molecular complexity index is 1190. The molecule has 0 saturated carbocycles. The van der Waals surface area contributed by atoms with E-state index in [1.165, 1.54) is 0 Å². The van der Waals surface area contributed by atoms with Crippen LogP contribution >= 0.6 is 11.6 Å². The number of aromatic hydroxyl groups is 1. The van der Waals surface area contributed by atoms with Gasteiger partial charge in [0.15, 0.2) is 0 Å². The van der Waals surface area contributed by atoms with E-state index in [0.29, 0.717) is 21.8 Å². The van der Waals surface area contributed by atoms with Gasteiger partial charge in [-0.3, -0.25) is 4.98 Å². The molecule has 3 aromatic carbocycles. The van der Waals surface area contributed by atoms with Gasteiger partial charge in [0, 0.05) is 27.9 Å². The molecule has 0 fully saturated rings. The number of benzene rings is 3. The first-order chi connectivity index (χ1) is 14.0. The molecule has 0 unspecified atom stereocenters. The van der Waals surface area contributed by atoms with E-state index in [9.17, 15) is 15.0 Å². The molecule has 0 aliphatic carbocycles. The summed E-state index contributed by atoms with van der Waals surface area (Å²) in [5, 5.41) is 21.9. The van der Waals surface area contributed by atoms with Crippen molar-refractivity contribution in [3.8, 4) is 5.75 Å². The molecule has 0 aliphatic heterocycles. The van der Waals surface area contributed by atoms with Crippen LogP contribution in [0.25, 0.3) is 10.9 Å². The van der Waals surface area contributed by atoms with E-state index >= 15 is 0 Å². The van der Waals surface area contributed by atoms with Crippen LogP contribution in [0, 0.1) is 0 Å². The number of nitrogens with zero attached hydrogens (tertiary/aromatic N) is 2. The normalized spacial score (nSPS) is 10.8. The number of hydrogen-bond donors (Lipinski definition) is 2. The zero-order chi connectivity index (χ0) is 20.4. The topological polar surface area (TPSA) is 73.7 Å². The van der Waals surface area contributed by atoms with Crippen LogP contribution in [0.4, 0.5) is 11.4 Å². The Morgan fingerprint density at radius 2 is 1.72 bits per heavy atom. The third-order valence-corrected chi connectivity index (χ3v) is 4.98. The predicted molar refractivity (Wildman–Crippen MR) is 114 cm³/mol. The quantitative estimate of drug-likeness (QED) is 0.451. The summed E-state index contributed by atoms with van der Waals surface area (Å²) in [5.74, 6) is -0.946. The molecule has 0 atom stereocenters. The highest BCUT2D eigenvalue weighted by atomic mass is 35.5. The highest BCUT2D eigenvalue weighted by Crippen LogP contribution is 2.35. The Labute approximate surface area is 172 Å². The van der Waals surface area contributed by atoms with Gasteiger partial charge in [0.1, 0.15) is 11.3 Å². The molecule has 0 aliphatic rings. The van der Waals surface area contributed by atoms with Gasteiger partial charge >= 0.3 is 5.97 Å². The number of aromatic carboxylic acids is 1. The van der Waals surface area contributed by atoms with Crippen molar-refractivity contribution >= 4 is 39.8 Å². The fraction of sp³-hybridized carbons (Fsp3) is 0.0435. The van der Waals surface area contributed by atoms with Crippen LogP contribution in [-0.2, 0) is 6.54 Å². The summed E-state index contributed by atoms with van der Waals surface area (Å²) in [6, 6.07) is 21.3. The summed E-state index contributed by atoms with van der Waals surface area (Å²) in [6.07, 6.45) is 1.63. The second-order valence-corrected chi connectivity index (χ2v) is 6.97. The predicted octanol–water partition coefficient (Wildman–Crippen LogP) is 5.63. The minimum atomic E-state index is -1.02. The highest BCUT2D eigenvalue weighted by Gasteiger charge is 2.19. The monoisotopic (exact) mass is 404 g/mol. The Balaban J connectivity index is 1.85. The fourth-order valence-corrected chi connectivity index (χ4v) is 3.42. The molecule has 0 radical (unpaired) electrons. The molecule has 4 aromatic rings. The summed E-state index contributed by atoms with van der Waals surface area (Å²) >= 11 is 6.03. The van der Waals surface area contributed by atoms with Crippen LogP contribution in [0.3, 0.4) is 0 Å². The molecule has 2 N–H and O–H groups in total. The smallest absolute Gasteiger partial charge is 0.337 e. The number of anilines is 2. The van der Waals surface area contributed by atoms with Gasteiger partial charge in [0.25, 0.3) is 0 Å². The molecule has 29 heavy (non-hydrogen) atoms. The van der Waals surface area contributed by atoms with Crippen molar-refractivity contribution in [2.24, 2.45) is 0 Å². The zero-order valence-electron chi connectivity index (χ0n) is 15.3. The van der Waals surface area contributed by atoms with Gasteiger partial charge in [-0.2, -0.15) is 0 Å². The maximum atomic E-state index is 11.8. The summed E-state index contributed by atoms with van der Waals surface area (Å²) in [6.45, 7) is 0.254. The molecule has 4 rings (SSSR count). The van der Waals surface area contributed by atoms with Crippen LogP contribution in [0.5, 0.6) is 5.75 Å². The van der Waals surface area contributed by atoms with Gasteiger partial charge in [0.05, 0.1) is 17.8 Å². The highest BCUT2D eigenvalue weighted by molar-refractivity contribution is 6.30. The number of hydrogen-bond acceptors (Lipinski definition) is 4. The van der Waals surface area contributed by atoms with Crippen molar-refractivity contribution in [1.82, 2.24) is 4.98 Å². The number of fused-ring (bicyclic) bond motifs is 1. The van der Waals surface area contributed by atoms with Crippen LogP contribution in [0.1, 0.15) is 15.9 Å². The molecule has 1 aromatic heterocycles.